The van der Waals surface area contributed by atoms with Crippen molar-refractivity contribution >= 4 is 11.9 Å². The Morgan fingerprint density at radius 2 is 2.19 bits per heavy atom. The molecule has 1 heterocycles. The number of methoxy groups -OCH3 is 1. The van der Waals surface area contributed by atoms with Gasteiger partial charge in [0.2, 0.25) is 11.6 Å². The smallest absolute Gasteiger partial charge is 0.343 e. The second kappa shape index (κ2) is 5.67. The van der Waals surface area contributed by atoms with Gasteiger partial charge in [0.1, 0.15) is 0 Å². The summed E-state index contributed by atoms with van der Waals surface area (Å²) in [6.07, 6.45) is -0.346. The molecule has 7 heteroatoms. The number of carboxylic acids is 1. The van der Waals surface area contributed by atoms with Gasteiger partial charge < -0.3 is 14.7 Å². The third-order valence-electron chi connectivity index (χ3n) is 3.53. The first-order chi connectivity index (χ1) is 9.85. The topological polar surface area (TPSA) is 66.8 Å². The first kappa shape index (κ1) is 15.2. The van der Waals surface area contributed by atoms with Crippen LogP contribution in [0.3, 0.4) is 0 Å². The van der Waals surface area contributed by atoms with E-state index in [-0.39, 0.29) is 25.1 Å². The molecule has 1 aliphatic heterocycles. The van der Waals surface area contributed by atoms with Gasteiger partial charge in [0.05, 0.1) is 20.1 Å². The van der Waals surface area contributed by atoms with Gasteiger partial charge in [-0.25, -0.2) is 13.6 Å². The molecule has 0 saturated carbocycles. The number of carbonyl (C=O) groups is 2. The van der Waals surface area contributed by atoms with Crippen LogP contribution in [0.4, 0.5) is 8.78 Å². The summed E-state index contributed by atoms with van der Waals surface area (Å²) in [5.41, 5.74) is -1.97. The third-order valence-corrected chi connectivity index (χ3v) is 3.53. The van der Waals surface area contributed by atoms with Crippen LogP contribution in [-0.4, -0.2) is 47.8 Å². The lowest BCUT2D eigenvalue weighted by molar-refractivity contribution is -0.150. The number of amides is 1. The zero-order chi connectivity index (χ0) is 15.6. The lowest BCUT2D eigenvalue weighted by Crippen LogP contribution is -2.39. The minimum Gasteiger partial charge on any atom is -0.494 e. The number of nitrogens with zero attached hydrogens (tertiary/aromatic N) is 1. The second-order valence-corrected chi connectivity index (χ2v) is 4.98. The van der Waals surface area contributed by atoms with E-state index in [1.165, 1.54) is 25.3 Å². The van der Waals surface area contributed by atoms with E-state index in [0.717, 1.165) is 4.90 Å². The Morgan fingerprint density at radius 1 is 1.48 bits per heavy atom. The molecule has 0 spiro atoms. The molecule has 21 heavy (non-hydrogen) atoms. The van der Waals surface area contributed by atoms with Gasteiger partial charge in [-0.2, -0.15) is 0 Å². The van der Waals surface area contributed by atoms with Gasteiger partial charge in [-0.1, -0.05) is 6.07 Å². The van der Waals surface area contributed by atoms with Crippen molar-refractivity contribution in [2.24, 2.45) is 0 Å². The number of rotatable bonds is 4. The van der Waals surface area contributed by atoms with Gasteiger partial charge in [0, 0.05) is 13.0 Å². The summed E-state index contributed by atoms with van der Waals surface area (Å²) >= 11 is 0. The monoisotopic (exact) mass is 299 g/mol. The number of aliphatic carboxylic acids is 1. The Labute approximate surface area is 120 Å². The quantitative estimate of drug-likeness (QED) is 0.912. The molecular formula is C14H15F2NO4. The molecule has 1 unspecified atom stereocenters. The first-order valence-electron chi connectivity index (χ1n) is 6.38. The van der Waals surface area contributed by atoms with E-state index in [2.05, 4.69) is 0 Å². The summed E-state index contributed by atoms with van der Waals surface area (Å²) in [5, 5.41) is 8.78. The minimum atomic E-state index is -2.39. The Hall–Kier alpha value is -2.18. The highest BCUT2D eigenvalue weighted by molar-refractivity contribution is 5.83. The molecule has 0 aliphatic carbocycles. The molecule has 5 nitrogen and oxygen atoms in total. The van der Waals surface area contributed by atoms with E-state index in [0.29, 0.717) is 5.56 Å². The maximum atomic E-state index is 13.9. The number of ether oxygens (including phenoxy) is 1. The molecule has 1 N–H and O–H groups in total. The molecule has 1 fully saturated rings. The van der Waals surface area contributed by atoms with Gasteiger partial charge in [0.15, 0.2) is 11.6 Å². The van der Waals surface area contributed by atoms with Crippen molar-refractivity contribution in [3.05, 3.63) is 29.6 Å². The van der Waals surface area contributed by atoms with Crippen molar-refractivity contribution in [2.45, 2.75) is 18.5 Å². The number of halogens is 2. The third kappa shape index (κ3) is 3.12. The van der Waals surface area contributed by atoms with Crippen LogP contribution >= 0.6 is 0 Å². The molecule has 1 aromatic rings. The Kier molecular flexibility index (Phi) is 4.11. The van der Waals surface area contributed by atoms with Crippen LogP contribution in [0.2, 0.25) is 0 Å². The van der Waals surface area contributed by atoms with Gasteiger partial charge >= 0.3 is 5.97 Å². The Morgan fingerprint density at radius 3 is 2.71 bits per heavy atom. The lowest BCUT2D eigenvalue weighted by Gasteiger charge is -2.17. The van der Waals surface area contributed by atoms with Gasteiger partial charge in [-0.05, 0) is 17.7 Å². The number of hydrogen-bond donors (Lipinski definition) is 1. The number of carbonyl (C=O) groups excluding carboxylic acids is 1. The minimum absolute atomic E-state index is 0.0419. The number of likely N-dealkylation sites (tertiary alicyclic amines) is 1. The maximum absolute atomic E-state index is 13.9. The summed E-state index contributed by atoms with van der Waals surface area (Å²) in [6.45, 7) is -0.430. The average Bonchev–Trinajstić information content (AvgIpc) is 2.83. The lowest BCUT2D eigenvalue weighted by atomic mass is 10.1. The van der Waals surface area contributed by atoms with Crippen LogP contribution in [0.15, 0.2) is 18.2 Å². The summed E-state index contributed by atoms with van der Waals surface area (Å²) in [6, 6.07) is 4.11. The fraction of sp³-hybridized carbons (Fsp3) is 0.429. The van der Waals surface area contributed by atoms with Crippen LogP contribution in [0.5, 0.6) is 5.75 Å². The van der Waals surface area contributed by atoms with Gasteiger partial charge in [-0.3, -0.25) is 4.79 Å². The van der Waals surface area contributed by atoms with Crippen LogP contribution in [-0.2, 0) is 16.0 Å². The molecule has 1 atom stereocenters. The average molecular weight is 299 g/mol. The fourth-order valence-electron chi connectivity index (χ4n) is 2.27. The van der Waals surface area contributed by atoms with Crippen molar-refractivity contribution in [3.8, 4) is 5.75 Å². The fourth-order valence-corrected chi connectivity index (χ4v) is 2.27. The zero-order valence-electron chi connectivity index (χ0n) is 11.4. The standard InChI is InChI=1S/C14H15F2NO4/c1-21-11-3-2-9(6-10(11)15)7-12(18)17-5-4-14(16,8-17)13(19)20/h2-3,6H,4-5,7-8H2,1H3,(H,19,20). The molecule has 1 amide bonds. The molecule has 1 aliphatic rings. The van der Waals surface area contributed by atoms with Gasteiger partial charge in [-0.15, -0.1) is 0 Å². The first-order valence-corrected chi connectivity index (χ1v) is 6.38. The number of benzene rings is 1. The summed E-state index contributed by atoms with van der Waals surface area (Å²) in [5.74, 6) is -2.51. The Balaban J connectivity index is 2.03. The second-order valence-electron chi connectivity index (χ2n) is 4.98. The highest BCUT2D eigenvalue weighted by Gasteiger charge is 2.46. The molecular weight excluding hydrogens is 284 g/mol. The van der Waals surface area contributed by atoms with E-state index in [1.807, 2.05) is 0 Å². The SMILES string of the molecule is COc1ccc(CC(=O)N2CCC(F)(C(=O)O)C2)cc1F. The van der Waals surface area contributed by atoms with E-state index in [9.17, 15) is 18.4 Å². The molecule has 0 radical (unpaired) electrons. The van der Waals surface area contributed by atoms with Gasteiger partial charge in [0.25, 0.3) is 0 Å². The van der Waals surface area contributed by atoms with Crippen LogP contribution < -0.4 is 4.74 Å². The molecule has 114 valence electrons. The van der Waals surface area contributed by atoms with Crippen LogP contribution in [0.1, 0.15) is 12.0 Å². The number of alkyl halides is 1. The van der Waals surface area contributed by atoms with Crippen molar-refractivity contribution < 1.29 is 28.2 Å². The number of carboxylic acid groups (broad SMARTS) is 1. The predicted molar refractivity (Wildman–Crippen MR) is 69.3 cm³/mol. The summed E-state index contributed by atoms with van der Waals surface area (Å²) in [4.78, 5) is 23.9. The predicted octanol–water partition coefficient (Wildman–Crippen LogP) is 1.40. The molecule has 1 aromatic carbocycles. The van der Waals surface area contributed by atoms with Crippen molar-refractivity contribution in [1.29, 1.82) is 0 Å². The van der Waals surface area contributed by atoms with Crippen molar-refractivity contribution in [2.75, 3.05) is 20.2 Å². The summed E-state index contributed by atoms with van der Waals surface area (Å²) in [7, 11) is 1.33. The maximum Gasteiger partial charge on any atom is 0.343 e. The molecule has 0 bridgehead atoms. The van der Waals surface area contributed by atoms with E-state index in [4.69, 9.17) is 9.84 Å². The molecule has 2 rings (SSSR count). The van der Waals surface area contributed by atoms with E-state index in [1.54, 1.807) is 0 Å². The normalized spacial score (nSPS) is 21.4. The molecule has 0 aromatic heterocycles. The molecule has 1 saturated heterocycles. The summed E-state index contributed by atoms with van der Waals surface area (Å²) < 4.78 is 32.2. The van der Waals surface area contributed by atoms with Crippen molar-refractivity contribution in [3.63, 3.8) is 0 Å². The number of hydrogen-bond acceptors (Lipinski definition) is 3. The highest BCUT2D eigenvalue weighted by Crippen LogP contribution is 2.26. The Bertz CT molecular complexity index is 578. The largest absolute Gasteiger partial charge is 0.494 e. The van der Waals surface area contributed by atoms with Crippen molar-refractivity contribution in [1.82, 2.24) is 4.90 Å². The highest BCUT2D eigenvalue weighted by atomic mass is 19.1. The zero-order valence-corrected chi connectivity index (χ0v) is 11.4. The van der Waals surface area contributed by atoms with E-state index >= 15 is 0 Å². The van der Waals surface area contributed by atoms with E-state index < -0.39 is 29.9 Å². The van der Waals surface area contributed by atoms with Crippen LogP contribution in [0, 0.1) is 5.82 Å². The van der Waals surface area contributed by atoms with Crippen LogP contribution in [0.25, 0.3) is 0 Å².